The Morgan fingerprint density at radius 3 is 0.591 bits per heavy atom. The molecule has 0 N–H and O–H groups in total. The van der Waals surface area contributed by atoms with Crippen LogP contribution in [0.3, 0.4) is 0 Å². The van der Waals surface area contributed by atoms with Crippen molar-refractivity contribution in [1.82, 2.24) is 0 Å². The summed E-state index contributed by atoms with van der Waals surface area (Å²) < 4.78 is 76.1. The second-order valence-electron chi connectivity index (χ2n) is 28.5. The fourth-order valence-corrected chi connectivity index (χ4v) is 19.8. The van der Waals surface area contributed by atoms with E-state index in [9.17, 15) is 0 Å². The van der Waals surface area contributed by atoms with E-state index in [0.29, 0.717) is 26.4 Å². The van der Waals surface area contributed by atoms with E-state index < -0.39 is 32.7 Å². The molecule has 0 saturated carbocycles. The highest BCUT2D eigenvalue weighted by atomic mass is 31.1. The van der Waals surface area contributed by atoms with Gasteiger partial charge in [0.15, 0.2) is 0 Å². The van der Waals surface area contributed by atoms with E-state index >= 15 is 0 Å². The van der Waals surface area contributed by atoms with E-state index in [-0.39, 0.29) is 0 Å². The quantitative estimate of drug-likeness (QED) is 0.115. The van der Waals surface area contributed by atoms with Crippen LogP contribution in [0.15, 0.2) is 300 Å². The van der Waals surface area contributed by atoms with Crippen LogP contribution >= 0.6 is 32.7 Å². The van der Waals surface area contributed by atoms with Gasteiger partial charge in [0.1, 0.15) is 44.7 Å². The summed E-state index contributed by atoms with van der Waals surface area (Å²) in [6.45, 7) is 1.24. The standard InChI is InChI=1S/2C46H38N2O5P2/c2*1-47(2)54-50-39-23-21-29-13-5-9-17-35(29)41(39)43-37-19-11-7-15-31(37)25-33(45(43)52-54)27-49-28-34-26-32-16-8-12-20-38(32)44-42-36-18-10-6-14-30(36)22-24-40(42)51-55(48(3)4)53-46(34)44/h2*5-26H,27-28H2,1-4H3. The SMILES string of the molecule is CN(C)p1oc2ccc3ccccc3c2c2c(o1)c(COCc1cc3ccccc3c3c1op(N(C)C)oc1ccc4ccccc4c13)cc1ccccc12.CN(C)p1oc2ccc3ccccc3c2c2c(o1)c(COCc1cc3ccccc3c3c1op(N(C)C)oc1ccc4ccccc4c13)cc1ccccc12. The molecule has 0 aliphatic carbocycles. The van der Waals surface area contributed by atoms with E-state index in [1.54, 1.807) is 0 Å². The van der Waals surface area contributed by atoms with Gasteiger partial charge in [0.25, 0.3) is 0 Å². The number of ether oxygens (including phenoxy) is 2. The highest BCUT2D eigenvalue weighted by molar-refractivity contribution is 7.39. The maximum atomic E-state index is 6.92. The summed E-state index contributed by atoms with van der Waals surface area (Å²) >= 11 is 0. The zero-order valence-electron chi connectivity index (χ0n) is 61.9. The topological polar surface area (TPSA) is 137 Å². The fourth-order valence-electron chi connectivity index (χ4n) is 15.6. The molecule has 0 radical (unpaired) electrons. The van der Waals surface area contributed by atoms with Crippen LogP contribution < -0.4 is 18.7 Å². The molecule has 20 aromatic rings. The Hall–Kier alpha value is -11.0. The second-order valence-corrected chi connectivity index (χ2v) is 35.1. The zero-order chi connectivity index (χ0) is 74.4. The maximum Gasteiger partial charge on any atom is 0.309 e. The molecule has 14 nitrogen and oxygen atoms in total. The van der Waals surface area contributed by atoms with Gasteiger partial charge in [0.2, 0.25) is 0 Å². The van der Waals surface area contributed by atoms with Crippen molar-refractivity contribution in [3.05, 3.63) is 289 Å². The first-order chi connectivity index (χ1) is 53.8. The minimum Gasteiger partial charge on any atom is -0.408 e. The van der Waals surface area contributed by atoms with Gasteiger partial charge < -0.3 is 43.0 Å². The summed E-state index contributed by atoms with van der Waals surface area (Å²) in [4.78, 5) is 0. The third-order valence-electron chi connectivity index (χ3n) is 20.6. The highest BCUT2D eigenvalue weighted by Crippen LogP contribution is 2.49. The average Bonchev–Trinajstić information content (AvgIpc) is 1.44. The van der Waals surface area contributed by atoms with E-state index in [4.69, 9.17) is 43.0 Å². The Morgan fingerprint density at radius 1 is 0.209 bits per heavy atom. The van der Waals surface area contributed by atoms with E-state index in [1.165, 1.54) is 0 Å². The summed E-state index contributed by atoms with van der Waals surface area (Å²) in [5.41, 5.74) is 10.2. The zero-order valence-corrected chi connectivity index (χ0v) is 65.5. The number of benzene rings is 16. The van der Waals surface area contributed by atoms with Crippen LogP contribution in [0.1, 0.15) is 22.3 Å². The molecule has 4 heterocycles. The van der Waals surface area contributed by atoms with Crippen molar-refractivity contribution in [1.29, 1.82) is 0 Å². The van der Waals surface area contributed by atoms with Gasteiger partial charge in [-0.25, -0.2) is 18.7 Å². The third kappa shape index (κ3) is 12.3. The van der Waals surface area contributed by atoms with Gasteiger partial charge in [-0.15, -0.1) is 0 Å². The first-order valence-electron chi connectivity index (χ1n) is 36.6. The van der Waals surface area contributed by atoms with Gasteiger partial charge >= 0.3 is 32.7 Å². The van der Waals surface area contributed by atoms with Crippen LogP contribution in [-0.4, -0.2) is 56.4 Å². The van der Waals surface area contributed by atoms with E-state index in [0.717, 1.165) is 196 Å². The Morgan fingerprint density at radius 2 is 0.391 bits per heavy atom. The Labute approximate surface area is 636 Å². The fraction of sp³-hybridized carbons (Fsp3) is 0.130. The number of nitrogens with zero attached hydrogens (tertiary/aromatic N) is 4. The van der Waals surface area contributed by atoms with Crippen LogP contribution in [0.5, 0.6) is 0 Å². The van der Waals surface area contributed by atoms with Crippen LogP contribution in [0.25, 0.3) is 174 Å². The van der Waals surface area contributed by atoms with Gasteiger partial charge in [-0.3, -0.25) is 0 Å². The van der Waals surface area contributed by atoms with Crippen LogP contribution in [0.4, 0.5) is 0 Å². The maximum absolute atomic E-state index is 6.92. The predicted octanol–water partition coefficient (Wildman–Crippen LogP) is 27.2. The van der Waals surface area contributed by atoms with Gasteiger partial charge in [0.05, 0.1) is 26.4 Å². The Balaban J connectivity index is 0.000000149. The van der Waals surface area contributed by atoms with Gasteiger partial charge in [-0.1, -0.05) is 218 Å². The van der Waals surface area contributed by atoms with Gasteiger partial charge in [0, 0.05) is 122 Å². The molecule has 0 fully saturated rings. The molecule has 4 unspecified atom stereocenters. The van der Waals surface area contributed by atoms with Crippen molar-refractivity contribution in [3.8, 4) is 0 Å². The average molecular weight is 1520 g/mol. The molecular formula is C92H76N4O10P4. The van der Waals surface area contributed by atoms with Crippen molar-refractivity contribution >= 4 is 207 Å². The summed E-state index contributed by atoms with van der Waals surface area (Å²) in [5.74, 6) is 0. The molecule has 18 heteroatoms. The van der Waals surface area contributed by atoms with Crippen molar-refractivity contribution in [2.75, 3.05) is 75.1 Å². The number of fused-ring (bicyclic) bond motifs is 28. The van der Waals surface area contributed by atoms with Crippen molar-refractivity contribution in [3.63, 3.8) is 0 Å². The molecule has 544 valence electrons. The molecule has 0 spiro atoms. The monoisotopic (exact) mass is 1520 g/mol. The first-order valence-corrected chi connectivity index (χ1v) is 41.1. The van der Waals surface area contributed by atoms with Crippen LogP contribution in [-0.2, 0) is 35.9 Å². The van der Waals surface area contributed by atoms with Gasteiger partial charge in [-0.05, 0) is 135 Å². The lowest BCUT2D eigenvalue weighted by Crippen LogP contribution is -2.02. The summed E-state index contributed by atoms with van der Waals surface area (Å²) in [7, 11) is 10.1. The molecule has 20 rings (SSSR count). The lowest BCUT2D eigenvalue weighted by Gasteiger charge is -2.13. The van der Waals surface area contributed by atoms with Crippen molar-refractivity contribution in [2.24, 2.45) is 0 Å². The summed E-state index contributed by atoms with van der Waals surface area (Å²) in [6.07, 6.45) is 0. The Bertz CT molecular complexity index is 6450. The van der Waals surface area contributed by atoms with Crippen LogP contribution in [0, 0.1) is 0 Å². The third-order valence-corrected chi connectivity index (χ3v) is 26.0. The molecule has 4 atom stereocenters. The van der Waals surface area contributed by atoms with E-state index in [2.05, 4.69) is 267 Å². The smallest absolute Gasteiger partial charge is 0.309 e. The number of hydrogen-bond acceptors (Lipinski definition) is 14. The molecule has 0 aliphatic heterocycles. The highest BCUT2D eigenvalue weighted by Gasteiger charge is 2.24. The minimum atomic E-state index is -1.46. The Kier molecular flexibility index (Phi) is 18.1. The lowest BCUT2D eigenvalue weighted by atomic mass is 9.96. The lowest BCUT2D eigenvalue weighted by molar-refractivity contribution is 0.108. The molecule has 110 heavy (non-hydrogen) atoms. The molecule has 0 saturated heterocycles. The summed E-state index contributed by atoms with van der Waals surface area (Å²) in [5, 5.41) is 26.1. The van der Waals surface area contributed by atoms with Gasteiger partial charge in [-0.2, -0.15) is 0 Å². The first kappa shape index (κ1) is 69.4. The predicted molar refractivity (Wildman–Crippen MR) is 463 cm³/mol. The molecule has 16 aromatic carbocycles. The van der Waals surface area contributed by atoms with Crippen LogP contribution in [0.2, 0.25) is 0 Å². The van der Waals surface area contributed by atoms with Crippen molar-refractivity contribution < 1.29 is 43.0 Å². The van der Waals surface area contributed by atoms with E-state index in [1.807, 2.05) is 75.1 Å². The molecule has 4 aromatic heterocycles. The largest absolute Gasteiger partial charge is 0.408 e. The van der Waals surface area contributed by atoms with Crippen molar-refractivity contribution in [2.45, 2.75) is 26.4 Å². The molecule has 0 aliphatic rings. The molecule has 0 amide bonds. The second kappa shape index (κ2) is 28.8. The molecule has 0 bridgehead atoms. The summed E-state index contributed by atoms with van der Waals surface area (Å²) in [6, 6.07) is 93.5. The number of hydrogen-bond donors (Lipinski definition) is 0. The normalized spacial score (nSPS) is 12.8. The number of rotatable bonds is 12. The minimum absolute atomic E-state index is 0.309. The molecular weight excluding hydrogens is 1440 g/mol.